The average molecular weight is 140 g/mol. The maximum atomic E-state index is 8.79. The van der Waals surface area contributed by atoms with E-state index in [0.29, 0.717) is 0 Å². The van der Waals surface area contributed by atoms with E-state index in [1.807, 2.05) is 13.2 Å². The molecule has 10 heavy (non-hydrogen) atoms. The highest BCUT2D eigenvalue weighted by Gasteiger charge is 2.02. The number of aliphatic hydroxyl groups excluding tert-OH is 1. The van der Waals surface area contributed by atoms with Gasteiger partial charge in [0.05, 0.1) is 12.3 Å². The number of hydrogen-bond acceptors (Lipinski definition) is 2. The highest BCUT2D eigenvalue weighted by molar-refractivity contribution is 5.15. The number of aromatic nitrogens is 2. The van der Waals surface area contributed by atoms with Crippen LogP contribution in [0.2, 0.25) is 0 Å². The van der Waals surface area contributed by atoms with Gasteiger partial charge >= 0.3 is 0 Å². The zero-order chi connectivity index (χ0) is 7.56. The van der Waals surface area contributed by atoms with E-state index in [2.05, 4.69) is 12.0 Å². The molecule has 0 atom stereocenters. The van der Waals surface area contributed by atoms with Crippen LogP contribution in [-0.4, -0.2) is 14.9 Å². The Morgan fingerprint density at radius 1 is 1.70 bits per heavy atom. The van der Waals surface area contributed by atoms with E-state index in [4.69, 9.17) is 5.11 Å². The Labute approximate surface area is 60.3 Å². The van der Waals surface area contributed by atoms with Gasteiger partial charge in [0, 0.05) is 13.2 Å². The van der Waals surface area contributed by atoms with Crippen LogP contribution in [-0.2, 0) is 20.1 Å². The fourth-order valence-corrected chi connectivity index (χ4v) is 1.01. The van der Waals surface area contributed by atoms with Crippen molar-refractivity contribution in [3.05, 3.63) is 17.5 Å². The molecule has 3 nitrogen and oxygen atoms in total. The molecule has 0 saturated carbocycles. The predicted octanol–water partition coefficient (Wildman–Crippen LogP) is 0.475. The Balaban J connectivity index is 2.96. The van der Waals surface area contributed by atoms with Gasteiger partial charge in [-0.15, -0.1) is 0 Å². The lowest BCUT2D eigenvalue weighted by molar-refractivity contribution is 0.274. The maximum Gasteiger partial charge on any atom is 0.0910 e. The number of hydrogen-bond donors (Lipinski definition) is 1. The molecule has 0 unspecified atom stereocenters. The Morgan fingerprint density at radius 3 is 2.80 bits per heavy atom. The second-order valence-electron chi connectivity index (χ2n) is 2.29. The van der Waals surface area contributed by atoms with Crippen LogP contribution in [0.15, 0.2) is 6.20 Å². The summed E-state index contributed by atoms with van der Waals surface area (Å²) in [5.74, 6) is 0. The predicted molar refractivity (Wildman–Crippen MR) is 38.5 cm³/mol. The zero-order valence-electron chi connectivity index (χ0n) is 6.33. The van der Waals surface area contributed by atoms with E-state index in [-0.39, 0.29) is 6.61 Å². The van der Waals surface area contributed by atoms with Crippen LogP contribution < -0.4 is 0 Å². The Kier molecular flexibility index (Phi) is 2.06. The molecule has 1 aromatic rings. The largest absolute Gasteiger partial charge is 0.390 e. The van der Waals surface area contributed by atoms with Gasteiger partial charge in [-0.25, -0.2) is 0 Å². The first-order valence-corrected chi connectivity index (χ1v) is 3.40. The SMILES string of the molecule is CCc1cn(C)nc1CO. The number of aryl methyl sites for hydroxylation is 2. The molecule has 0 aliphatic carbocycles. The molecule has 0 saturated heterocycles. The van der Waals surface area contributed by atoms with Crippen molar-refractivity contribution < 1.29 is 5.11 Å². The van der Waals surface area contributed by atoms with E-state index in [9.17, 15) is 0 Å². The Morgan fingerprint density at radius 2 is 2.40 bits per heavy atom. The maximum absolute atomic E-state index is 8.79. The van der Waals surface area contributed by atoms with Crippen molar-refractivity contribution in [1.82, 2.24) is 9.78 Å². The van der Waals surface area contributed by atoms with Gasteiger partial charge < -0.3 is 5.11 Å². The fraction of sp³-hybridized carbons (Fsp3) is 0.571. The quantitative estimate of drug-likeness (QED) is 0.648. The van der Waals surface area contributed by atoms with Crippen molar-refractivity contribution in [2.45, 2.75) is 20.0 Å². The molecule has 56 valence electrons. The summed E-state index contributed by atoms with van der Waals surface area (Å²) in [6.45, 7) is 2.10. The first-order chi connectivity index (χ1) is 4.77. The lowest BCUT2D eigenvalue weighted by Crippen LogP contribution is -1.91. The molecule has 0 bridgehead atoms. The molecule has 0 spiro atoms. The summed E-state index contributed by atoms with van der Waals surface area (Å²) < 4.78 is 1.73. The van der Waals surface area contributed by atoms with Gasteiger partial charge in [0.2, 0.25) is 0 Å². The first kappa shape index (κ1) is 7.28. The molecule has 0 radical (unpaired) electrons. The molecule has 0 aliphatic rings. The molecule has 1 N–H and O–H groups in total. The standard InChI is InChI=1S/C7H12N2O/c1-3-6-4-9(2)8-7(6)5-10/h4,10H,3,5H2,1-2H3. The minimum Gasteiger partial charge on any atom is -0.390 e. The van der Waals surface area contributed by atoms with Crippen LogP contribution in [0.5, 0.6) is 0 Å². The van der Waals surface area contributed by atoms with Gasteiger partial charge in [0.25, 0.3) is 0 Å². The Bertz CT molecular complexity index is 196. The first-order valence-electron chi connectivity index (χ1n) is 3.40. The second-order valence-corrected chi connectivity index (χ2v) is 2.29. The van der Waals surface area contributed by atoms with Crippen LogP contribution in [0.4, 0.5) is 0 Å². The van der Waals surface area contributed by atoms with E-state index < -0.39 is 0 Å². The topological polar surface area (TPSA) is 38.0 Å². The molecular formula is C7H12N2O. The summed E-state index contributed by atoms with van der Waals surface area (Å²) in [6.07, 6.45) is 2.87. The third-order valence-electron chi connectivity index (χ3n) is 1.52. The van der Waals surface area contributed by atoms with Gasteiger partial charge in [-0.2, -0.15) is 5.10 Å². The summed E-state index contributed by atoms with van der Waals surface area (Å²) in [5.41, 5.74) is 1.93. The van der Waals surface area contributed by atoms with E-state index in [1.54, 1.807) is 4.68 Å². The molecule has 1 heterocycles. The molecule has 1 rings (SSSR count). The molecule has 0 aromatic carbocycles. The Hall–Kier alpha value is -0.830. The van der Waals surface area contributed by atoms with Gasteiger partial charge in [0.1, 0.15) is 0 Å². The lowest BCUT2D eigenvalue weighted by atomic mass is 10.2. The van der Waals surface area contributed by atoms with Crippen LogP contribution in [0.25, 0.3) is 0 Å². The van der Waals surface area contributed by atoms with Crippen molar-refractivity contribution in [3.8, 4) is 0 Å². The van der Waals surface area contributed by atoms with Gasteiger partial charge in [-0.1, -0.05) is 6.92 Å². The van der Waals surface area contributed by atoms with Crippen LogP contribution >= 0.6 is 0 Å². The van der Waals surface area contributed by atoms with Gasteiger partial charge in [0.15, 0.2) is 0 Å². The van der Waals surface area contributed by atoms with Crippen molar-refractivity contribution >= 4 is 0 Å². The second kappa shape index (κ2) is 2.84. The molecule has 1 aromatic heterocycles. The van der Waals surface area contributed by atoms with Crippen molar-refractivity contribution in [3.63, 3.8) is 0 Å². The summed E-state index contributed by atoms with van der Waals surface area (Å²) in [4.78, 5) is 0. The van der Waals surface area contributed by atoms with E-state index >= 15 is 0 Å². The van der Waals surface area contributed by atoms with Crippen molar-refractivity contribution in [2.24, 2.45) is 7.05 Å². The van der Waals surface area contributed by atoms with Crippen LogP contribution in [0.1, 0.15) is 18.2 Å². The monoisotopic (exact) mass is 140 g/mol. The summed E-state index contributed by atoms with van der Waals surface area (Å²) in [5, 5.41) is 12.9. The smallest absolute Gasteiger partial charge is 0.0910 e. The highest BCUT2D eigenvalue weighted by Crippen LogP contribution is 2.05. The number of nitrogens with zero attached hydrogens (tertiary/aromatic N) is 2. The fourth-order valence-electron chi connectivity index (χ4n) is 1.01. The normalized spacial score (nSPS) is 10.3. The lowest BCUT2D eigenvalue weighted by Gasteiger charge is -1.90. The number of rotatable bonds is 2. The third-order valence-corrected chi connectivity index (χ3v) is 1.52. The molecule has 3 heteroatoms. The molecule has 0 amide bonds. The van der Waals surface area contributed by atoms with Crippen LogP contribution in [0, 0.1) is 0 Å². The third kappa shape index (κ3) is 1.19. The molecule has 0 aliphatic heterocycles. The number of aliphatic hydroxyl groups is 1. The minimum absolute atomic E-state index is 0.0456. The van der Waals surface area contributed by atoms with E-state index in [1.165, 1.54) is 0 Å². The van der Waals surface area contributed by atoms with E-state index in [0.717, 1.165) is 17.7 Å². The van der Waals surface area contributed by atoms with Gasteiger partial charge in [-0.3, -0.25) is 4.68 Å². The summed E-state index contributed by atoms with van der Waals surface area (Å²) in [7, 11) is 1.86. The minimum atomic E-state index is 0.0456. The molecular weight excluding hydrogens is 128 g/mol. The average Bonchev–Trinajstić information content (AvgIpc) is 2.30. The highest BCUT2D eigenvalue weighted by atomic mass is 16.3. The summed E-state index contributed by atoms with van der Waals surface area (Å²) >= 11 is 0. The van der Waals surface area contributed by atoms with Crippen LogP contribution in [0.3, 0.4) is 0 Å². The van der Waals surface area contributed by atoms with Crippen molar-refractivity contribution in [2.75, 3.05) is 0 Å². The molecule has 0 fully saturated rings. The van der Waals surface area contributed by atoms with Crippen molar-refractivity contribution in [1.29, 1.82) is 0 Å². The zero-order valence-corrected chi connectivity index (χ0v) is 6.33. The summed E-state index contributed by atoms with van der Waals surface area (Å²) in [6, 6.07) is 0. The van der Waals surface area contributed by atoms with Gasteiger partial charge in [-0.05, 0) is 12.0 Å².